The summed E-state index contributed by atoms with van der Waals surface area (Å²) in [5, 5.41) is 16.3. The molecule has 7 heteroatoms. The summed E-state index contributed by atoms with van der Waals surface area (Å²) in [5.74, 6) is -0.920. The molecule has 25 heavy (non-hydrogen) atoms. The number of halogens is 1. The van der Waals surface area contributed by atoms with E-state index >= 15 is 0 Å². The number of pyridine rings is 1. The van der Waals surface area contributed by atoms with Crippen LogP contribution in [0.4, 0.5) is 10.2 Å². The van der Waals surface area contributed by atoms with Gasteiger partial charge in [0.25, 0.3) is 5.91 Å². The van der Waals surface area contributed by atoms with Crippen molar-refractivity contribution in [2.24, 2.45) is 0 Å². The number of hydrogen-bond donors (Lipinski definition) is 2. The van der Waals surface area contributed by atoms with Crippen LogP contribution in [0, 0.1) is 12.7 Å². The number of carbonyl (C=O) groups is 1. The van der Waals surface area contributed by atoms with E-state index in [-0.39, 0.29) is 18.7 Å². The molecule has 3 rings (SSSR count). The fourth-order valence-corrected chi connectivity index (χ4v) is 2.52. The Bertz CT molecular complexity index is 908. The number of nitrogens with one attached hydrogen (secondary N) is 1. The average Bonchev–Trinajstić information content (AvgIpc) is 2.98. The molecule has 2 heterocycles. The van der Waals surface area contributed by atoms with Gasteiger partial charge in [-0.15, -0.1) is 0 Å². The Balaban J connectivity index is 1.94. The van der Waals surface area contributed by atoms with Crippen molar-refractivity contribution in [2.45, 2.75) is 13.5 Å². The quantitative estimate of drug-likeness (QED) is 0.748. The molecule has 6 nitrogen and oxygen atoms in total. The Morgan fingerprint density at radius 3 is 2.84 bits per heavy atom. The molecular weight excluding hydrogens is 323 g/mol. The highest BCUT2D eigenvalue weighted by Crippen LogP contribution is 2.25. The molecule has 128 valence electrons. The van der Waals surface area contributed by atoms with Crippen molar-refractivity contribution in [3.8, 4) is 11.3 Å². The Kier molecular flexibility index (Phi) is 4.85. The van der Waals surface area contributed by atoms with Gasteiger partial charge >= 0.3 is 0 Å². The van der Waals surface area contributed by atoms with Gasteiger partial charge in [-0.3, -0.25) is 9.78 Å². The second-order valence-electron chi connectivity index (χ2n) is 5.49. The summed E-state index contributed by atoms with van der Waals surface area (Å²) in [6.07, 6.45) is 2.33. The van der Waals surface area contributed by atoms with Crippen LogP contribution in [0.5, 0.6) is 0 Å². The topological polar surface area (TPSA) is 80.0 Å². The van der Waals surface area contributed by atoms with Gasteiger partial charge in [0, 0.05) is 17.8 Å². The van der Waals surface area contributed by atoms with E-state index in [4.69, 9.17) is 0 Å². The van der Waals surface area contributed by atoms with Crippen LogP contribution >= 0.6 is 0 Å². The van der Waals surface area contributed by atoms with E-state index in [2.05, 4.69) is 15.4 Å². The minimum absolute atomic E-state index is 0.107. The maximum atomic E-state index is 13.7. The molecule has 3 aromatic rings. The van der Waals surface area contributed by atoms with Crippen LogP contribution in [0.1, 0.15) is 15.9 Å². The lowest BCUT2D eigenvalue weighted by molar-refractivity contribution is 0.102. The van der Waals surface area contributed by atoms with Gasteiger partial charge < -0.3 is 10.4 Å². The summed E-state index contributed by atoms with van der Waals surface area (Å²) in [5.41, 5.74) is 2.51. The molecule has 1 amide bonds. The second kappa shape index (κ2) is 7.23. The van der Waals surface area contributed by atoms with Gasteiger partial charge in [0.15, 0.2) is 5.82 Å². The van der Waals surface area contributed by atoms with Crippen molar-refractivity contribution in [1.29, 1.82) is 0 Å². The zero-order valence-corrected chi connectivity index (χ0v) is 13.6. The van der Waals surface area contributed by atoms with Crippen molar-refractivity contribution in [3.63, 3.8) is 0 Å². The van der Waals surface area contributed by atoms with E-state index in [1.165, 1.54) is 16.9 Å². The fourth-order valence-electron chi connectivity index (χ4n) is 2.52. The number of aliphatic hydroxyl groups is 1. The highest BCUT2D eigenvalue weighted by atomic mass is 19.1. The monoisotopic (exact) mass is 340 g/mol. The third-order valence-corrected chi connectivity index (χ3v) is 3.77. The first-order valence-electron chi connectivity index (χ1n) is 7.75. The van der Waals surface area contributed by atoms with Gasteiger partial charge in [-0.1, -0.05) is 24.3 Å². The molecule has 0 atom stereocenters. The summed E-state index contributed by atoms with van der Waals surface area (Å²) in [6, 6.07) is 10.7. The van der Waals surface area contributed by atoms with Gasteiger partial charge in [0.1, 0.15) is 5.82 Å². The zero-order chi connectivity index (χ0) is 17.8. The van der Waals surface area contributed by atoms with Gasteiger partial charge in [0.05, 0.1) is 30.6 Å². The van der Waals surface area contributed by atoms with E-state index in [1.54, 1.807) is 6.07 Å². The number of aromatic nitrogens is 3. The Morgan fingerprint density at radius 2 is 2.12 bits per heavy atom. The number of nitrogens with zero attached hydrogens (tertiary/aromatic N) is 3. The number of benzene rings is 1. The summed E-state index contributed by atoms with van der Waals surface area (Å²) in [4.78, 5) is 16.0. The van der Waals surface area contributed by atoms with Crippen LogP contribution in [0.25, 0.3) is 11.3 Å². The molecule has 0 spiro atoms. The van der Waals surface area contributed by atoms with Crippen LogP contribution in [0.3, 0.4) is 0 Å². The average molecular weight is 340 g/mol. The third-order valence-electron chi connectivity index (χ3n) is 3.77. The Morgan fingerprint density at radius 1 is 1.32 bits per heavy atom. The summed E-state index contributed by atoms with van der Waals surface area (Å²) >= 11 is 0. The minimum atomic E-state index is -0.702. The first kappa shape index (κ1) is 16.8. The number of aryl methyl sites for hydroxylation is 1. The molecule has 0 fully saturated rings. The Hall–Kier alpha value is -3.06. The van der Waals surface area contributed by atoms with Crippen molar-refractivity contribution >= 4 is 11.7 Å². The molecule has 0 aliphatic rings. The van der Waals surface area contributed by atoms with Gasteiger partial charge in [-0.25, -0.2) is 9.07 Å². The molecule has 0 radical (unpaired) electrons. The molecule has 1 aromatic carbocycles. The van der Waals surface area contributed by atoms with Crippen molar-refractivity contribution in [1.82, 2.24) is 14.8 Å². The number of aliphatic hydroxyl groups excluding tert-OH is 1. The van der Waals surface area contributed by atoms with Gasteiger partial charge in [0.2, 0.25) is 0 Å². The predicted molar refractivity (Wildman–Crippen MR) is 91.6 cm³/mol. The molecule has 0 aliphatic carbocycles. The minimum Gasteiger partial charge on any atom is -0.394 e. The number of anilines is 1. The summed E-state index contributed by atoms with van der Waals surface area (Å²) < 4.78 is 15.2. The first-order chi connectivity index (χ1) is 12.1. The molecule has 0 saturated heterocycles. The number of hydrogen-bond acceptors (Lipinski definition) is 4. The van der Waals surface area contributed by atoms with Gasteiger partial charge in [-0.05, 0) is 18.6 Å². The lowest BCUT2D eigenvalue weighted by Crippen LogP contribution is -2.18. The van der Waals surface area contributed by atoms with Crippen LogP contribution in [0.15, 0.2) is 48.8 Å². The second-order valence-corrected chi connectivity index (χ2v) is 5.49. The van der Waals surface area contributed by atoms with E-state index in [1.807, 2.05) is 31.2 Å². The van der Waals surface area contributed by atoms with Crippen LogP contribution in [-0.4, -0.2) is 32.4 Å². The number of carbonyl (C=O) groups excluding carboxylic acids is 1. The molecule has 0 bridgehead atoms. The summed E-state index contributed by atoms with van der Waals surface area (Å²) in [6.45, 7) is 2.03. The lowest BCUT2D eigenvalue weighted by atomic mass is 10.1. The Labute approximate surface area is 144 Å². The highest BCUT2D eigenvalue weighted by Gasteiger charge is 2.16. The lowest BCUT2D eigenvalue weighted by Gasteiger charge is -2.07. The fraction of sp³-hybridized carbons (Fsp3) is 0.167. The van der Waals surface area contributed by atoms with Crippen molar-refractivity contribution in [2.75, 3.05) is 11.9 Å². The molecule has 0 saturated carbocycles. The van der Waals surface area contributed by atoms with E-state index in [0.29, 0.717) is 11.5 Å². The summed E-state index contributed by atoms with van der Waals surface area (Å²) in [7, 11) is 0. The smallest absolute Gasteiger partial charge is 0.259 e. The van der Waals surface area contributed by atoms with Crippen LogP contribution in [0.2, 0.25) is 0 Å². The normalized spacial score (nSPS) is 10.7. The van der Waals surface area contributed by atoms with E-state index in [0.717, 1.165) is 17.3 Å². The number of rotatable bonds is 5. The SMILES string of the molecule is Cc1ccccc1-c1cc(NC(=O)c2ccncc2F)n(CCO)n1. The largest absolute Gasteiger partial charge is 0.394 e. The molecule has 0 aliphatic heterocycles. The molecule has 0 unspecified atom stereocenters. The first-order valence-corrected chi connectivity index (χ1v) is 7.75. The number of amides is 1. The molecule has 2 aromatic heterocycles. The van der Waals surface area contributed by atoms with E-state index < -0.39 is 11.7 Å². The highest BCUT2D eigenvalue weighted by molar-refractivity contribution is 6.04. The third kappa shape index (κ3) is 3.56. The standard InChI is InChI=1S/C18H17FN4O2/c1-12-4-2-3-5-13(12)16-10-17(23(22-16)8-9-24)21-18(25)14-6-7-20-11-15(14)19/h2-7,10-11,24H,8-9H2,1H3,(H,21,25). The van der Waals surface area contributed by atoms with Crippen LogP contribution < -0.4 is 5.32 Å². The molecule has 2 N–H and O–H groups in total. The maximum Gasteiger partial charge on any atom is 0.259 e. The van der Waals surface area contributed by atoms with Crippen LogP contribution in [-0.2, 0) is 6.54 Å². The predicted octanol–water partition coefficient (Wildman–Crippen LogP) is 2.64. The zero-order valence-electron chi connectivity index (χ0n) is 13.6. The van der Waals surface area contributed by atoms with Crippen molar-refractivity contribution in [3.05, 3.63) is 65.7 Å². The molecular formula is C18H17FN4O2. The maximum absolute atomic E-state index is 13.7. The van der Waals surface area contributed by atoms with E-state index in [9.17, 15) is 14.3 Å². The van der Waals surface area contributed by atoms with Gasteiger partial charge in [-0.2, -0.15) is 5.10 Å². The van der Waals surface area contributed by atoms with Crippen molar-refractivity contribution < 1.29 is 14.3 Å².